The van der Waals surface area contributed by atoms with E-state index < -0.39 is 0 Å². The third-order valence-electron chi connectivity index (χ3n) is 2.00. The fourth-order valence-electron chi connectivity index (χ4n) is 1.27. The van der Waals surface area contributed by atoms with Crippen LogP contribution in [-0.4, -0.2) is 24.2 Å². The number of phenols is 1. The molecule has 0 radical (unpaired) electrons. The van der Waals surface area contributed by atoms with Crippen molar-refractivity contribution < 1.29 is 14.6 Å². The highest BCUT2D eigenvalue weighted by Gasteiger charge is 2.08. The number of phenolic OH excluding ortho intramolecular Hbond substituents is 1. The minimum absolute atomic E-state index is 0.0348. The van der Waals surface area contributed by atoms with Gasteiger partial charge in [-0.3, -0.25) is 4.79 Å². The number of nitrogens with one attached hydrogen (secondary N) is 1. The molecular weight excluding hydrogens is 265 g/mol. The summed E-state index contributed by atoms with van der Waals surface area (Å²) in [5.74, 6) is -0.382. The average molecular weight is 278 g/mol. The van der Waals surface area contributed by atoms with Gasteiger partial charge in [0.25, 0.3) is 0 Å². The summed E-state index contributed by atoms with van der Waals surface area (Å²) < 4.78 is 4.74. The SMILES string of the molecule is CCOC(=O)CNCc1cc(Cl)cc(Cl)c1O. The van der Waals surface area contributed by atoms with Crippen LogP contribution in [0.5, 0.6) is 5.75 Å². The lowest BCUT2D eigenvalue weighted by atomic mass is 10.2. The molecule has 0 saturated heterocycles. The molecule has 0 heterocycles. The number of rotatable bonds is 5. The Hall–Kier alpha value is -0.970. The van der Waals surface area contributed by atoms with Crippen LogP contribution in [0.4, 0.5) is 0 Å². The van der Waals surface area contributed by atoms with Crippen LogP contribution >= 0.6 is 23.2 Å². The molecule has 0 aliphatic carbocycles. The van der Waals surface area contributed by atoms with Gasteiger partial charge < -0.3 is 15.2 Å². The Morgan fingerprint density at radius 1 is 1.47 bits per heavy atom. The highest BCUT2D eigenvalue weighted by Crippen LogP contribution is 2.30. The van der Waals surface area contributed by atoms with E-state index in [0.29, 0.717) is 17.2 Å². The normalized spacial score (nSPS) is 10.3. The first-order valence-corrected chi connectivity index (χ1v) is 5.83. The lowest BCUT2D eigenvalue weighted by molar-refractivity contribution is -0.142. The number of halogens is 2. The van der Waals surface area contributed by atoms with Crippen LogP contribution in [0, 0.1) is 0 Å². The van der Waals surface area contributed by atoms with Gasteiger partial charge in [0.15, 0.2) is 0 Å². The second-order valence-electron chi connectivity index (χ2n) is 3.30. The molecule has 0 unspecified atom stereocenters. The molecule has 1 aromatic rings. The molecule has 0 amide bonds. The molecule has 0 fully saturated rings. The lowest BCUT2D eigenvalue weighted by Gasteiger charge is -2.08. The number of aromatic hydroxyl groups is 1. The van der Waals surface area contributed by atoms with Crippen molar-refractivity contribution in [3.05, 3.63) is 27.7 Å². The van der Waals surface area contributed by atoms with Crippen molar-refractivity contribution in [2.75, 3.05) is 13.2 Å². The summed E-state index contributed by atoms with van der Waals surface area (Å²) >= 11 is 11.6. The Kier molecular flexibility index (Phi) is 5.55. The highest BCUT2D eigenvalue weighted by molar-refractivity contribution is 6.35. The van der Waals surface area contributed by atoms with Crippen molar-refractivity contribution in [2.45, 2.75) is 13.5 Å². The Morgan fingerprint density at radius 3 is 2.82 bits per heavy atom. The molecule has 6 heteroatoms. The quantitative estimate of drug-likeness (QED) is 0.812. The fourth-order valence-corrected chi connectivity index (χ4v) is 1.80. The third-order valence-corrected chi connectivity index (χ3v) is 2.50. The van der Waals surface area contributed by atoms with Crippen molar-refractivity contribution in [1.29, 1.82) is 0 Å². The van der Waals surface area contributed by atoms with Crippen LogP contribution in [-0.2, 0) is 16.1 Å². The number of carbonyl (C=O) groups is 1. The van der Waals surface area contributed by atoms with Crippen molar-refractivity contribution in [2.24, 2.45) is 0 Å². The first-order chi connectivity index (χ1) is 8.04. The number of hydrogen-bond acceptors (Lipinski definition) is 4. The third kappa shape index (κ3) is 4.42. The molecule has 2 N–H and O–H groups in total. The zero-order valence-electron chi connectivity index (χ0n) is 9.30. The maximum absolute atomic E-state index is 11.1. The van der Waals surface area contributed by atoms with Gasteiger partial charge in [0.05, 0.1) is 18.2 Å². The number of ether oxygens (including phenoxy) is 1. The molecule has 0 aliphatic heterocycles. The number of esters is 1. The van der Waals surface area contributed by atoms with Crippen LogP contribution in [0.15, 0.2) is 12.1 Å². The van der Waals surface area contributed by atoms with Crippen LogP contribution in [0.3, 0.4) is 0 Å². The minimum atomic E-state index is -0.347. The van der Waals surface area contributed by atoms with Crippen molar-refractivity contribution in [1.82, 2.24) is 5.32 Å². The Morgan fingerprint density at radius 2 is 2.18 bits per heavy atom. The van der Waals surface area contributed by atoms with Gasteiger partial charge >= 0.3 is 5.97 Å². The first-order valence-electron chi connectivity index (χ1n) is 5.07. The largest absolute Gasteiger partial charge is 0.506 e. The van der Waals surface area contributed by atoms with Crippen LogP contribution in [0.2, 0.25) is 10.0 Å². The standard InChI is InChI=1S/C11H13Cl2NO3/c1-2-17-10(15)6-14-5-7-3-8(12)4-9(13)11(7)16/h3-4,14,16H,2,5-6H2,1H3. The molecule has 1 rings (SSSR count). The summed E-state index contributed by atoms with van der Waals surface area (Å²) in [5, 5.41) is 13.1. The van der Waals surface area contributed by atoms with E-state index in [2.05, 4.69) is 5.32 Å². The van der Waals surface area contributed by atoms with E-state index in [0.717, 1.165) is 0 Å². The topological polar surface area (TPSA) is 58.6 Å². The molecule has 0 aromatic heterocycles. The summed E-state index contributed by atoms with van der Waals surface area (Å²) in [6.45, 7) is 2.43. The van der Waals surface area contributed by atoms with E-state index in [-0.39, 0.29) is 29.8 Å². The van der Waals surface area contributed by atoms with Crippen LogP contribution < -0.4 is 5.32 Å². The summed E-state index contributed by atoms with van der Waals surface area (Å²) in [7, 11) is 0. The van der Waals surface area contributed by atoms with Crippen molar-refractivity contribution in [3.8, 4) is 5.75 Å². The number of hydrogen-bond donors (Lipinski definition) is 2. The van der Waals surface area contributed by atoms with Crippen molar-refractivity contribution >= 4 is 29.2 Å². The molecule has 4 nitrogen and oxygen atoms in total. The van der Waals surface area contributed by atoms with E-state index >= 15 is 0 Å². The van der Waals surface area contributed by atoms with E-state index in [9.17, 15) is 9.90 Å². The summed E-state index contributed by atoms with van der Waals surface area (Å²) in [6, 6.07) is 3.04. The molecule has 0 bridgehead atoms. The molecule has 0 spiro atoms. The fraction of sp³-hybridized carbons (Fsp3) is 0.364. The van der Waals surface area contributed by atoms with Gasteiger partial charge in [-0.15, -0.1) is 0 Å². The van der Waals surface area contributed by atoms with Crippen LogP contribution in [0.25, 0.3) is 0 Å². The minimum Gasteiger partial charge on any atom is -0.506 e. The molecule has 94 valence electrons. The van der Waals surface area contributed by atoms with Crippen LogP contribution in [0.1, 0.15) is 12.5 Å². The maximum Gasteiger partial charge on any atom is 0.319 e. The molecule has 0 atom stereocenters. The van der Waals surface area contributed by atoms with E-state index in [1.54, 1.807) is 13.0 Å². The smallest absolute Gasteiger partial charge is 0.319 e. The summed E-state index contributed by atoms with van der Waals surface area (Å²) in [5.41, 5.74) is 0.534. The summed E-state index contributed by atoms with van der Waals surface area (Å²) in [6.07, 6.45) is 0. The van der Waals surface area contributed by atoms with Gasteiger partial charge in [0.2, 0.25) is 0 Å². The second-order valence-corrected chi connectivity index (χ2v) is 4.15. The zero-order valence-corrected chi connectivity index (χ0v) is 10.8. The predicted octanol–water partition coefficient (Wildman–Crippen LogP) is 2.35. The number of carbonyl (C=O) groups excluding carboxylic acids is 1. The zero-order chi connectivity index (χ0) is 12.8. The molecule has 0 saturated carbocycles. The van der Waals surface area contributed by atoms with Gasteiger partial charge in [-0.05, 0) is 19.1 Å². The van der Waals surface area contributed by atoms with E-state index in [4.69, 9.17) is 27.9 Å². The summed E-state index contributed by atoms with van der Waals surface area (Å²) in [4.78, 5) is 11.1. The monoisotopic (exact) mass is 277 g/mol. The second kappa shape index (κ2) is 6.69. The Bertz CT molecular complexity index is 410. The average Bonchev–Trinajstić information content (AvgIpc) is 2.25. The van der Waals surface area contributed by atoms with Gasteiger partial charge in [0.1, 0.15) is 5.75 Å². The molecule has 0 aliphatic rings. The van der Waals surface area contributed by atoms with Gasteiger partial charge in [-0.25, -0.2) is 0 Å². The Labute approximate surface area is 109 Å². The van der Waals surface area contributed by atoms with E-state index in [1.165, 1.54) is 6.07 Å². The number of benzene rings is 1. The van der Waals surface area contributed by atoms with E-state index in [1.807, 2.05) is 0 Å². The highest BCUT2D eigenvalue weighted by atomic mass is 35.5. The van der Waals surface area contributed by atoms with Crippen molar-refractivity contribution in [3.63, 3.8) is 0 Å². The molecule has 1 aromatic carbocycles. The van der Waals surface area contributed by atoms with Gasteiger partial charge in [0, 0.05) is 17.1 Å². The predicted molar refractivity (Wildman–Crippen MR) is 66.5 cm³/mol. The maximum atomic E-state index is 11.1. The molecular formula is C11H13Cl2NO3. The molecule has 17 heavy (non-hydrogen) atoms. The Balaban J connectivity index is 2.55. The lowest BCUT2D eigenvalue weighted by Crippen LogP contribution is -2.24. The van der Waals surface area contributed by atoms with Gasteiger partial charge in [-0.1, -0.05) is 23.2 Å². The van der Waals surface area contributed by atoms with Gasteiger partial charge in [-0.2, -0.15) is 0 Å². The first kappa shape index (κ1) is 14.1.